The minimum absolute atomic E-state index is 0.0282. The maximum atomic E-state index is 12.8. The number of aryl methyl sites for hydroxylation is 2. The number of hydrogen-bond donors (Lipinski definition) is 1. The zero-order chi connectivity index (χ0) is 15.2. The molecule has 0 aliphatic carbocycles. The van der Waals surface area contributed by atoms with Gasteiger partial charge in [-0.1, -0.05) is 13.3 Å². The van der Waals surface area contributed by atoms with Crippen LogP contribution in [0.25, 0.3) is 0 Å². The number of rotatable bonds is 7. The standard InChI is InChI=1S/C15H23N5O/c1-4-6-7-19(10-13-9-16-11-17-13)15(21)14-8-12(3)18-20(14)5-2/h8-9,11H,4-7,10H2,1-3H3,(H,16,17). The van der Waals surface area contributed by atoms with Gasteiger partial charge in [-0.2, -0.15) is 5.10 Å². The zero-order valence-electron chi connectivity index (χ0n) is 13.0. The summed E-state index contributed by atoms with van der Waals surface area (Å²) in [7, 11) is 0. The molecule has 0 bridgehead atoms. The lowest BCUT2D eigenvalue weighted by Gasteiger charge is -2.22. The third kappa shape index (κ3) is 3.71. The number of nitrogens with zero attached hydrogens (tertiary/aromatic N) is 4. The molecular weight excluding hydrogens is 266 g/mol. The van der Waals surface area contributed by atoms with Crippen LogP contribution in [0.3, 0.4) is 0 Å². The molecule has 2 heterocycles. The van der Waals surface area contributed by atoms with E-state index in [0.717, 1.165) is 30.8 Å². The third-order valence-corrected chi connectivity index (χ3v) is 3.41. The van der Waals surface area contributed by atoms with Crippen LogP contribution in [0, 0.1) is 6.92 Å². The van der Waals surface area contributed by atoms with E-state index >= 15 is 0 Å². The van der Waals surface area contributed by atoms with Crippen molar-refractivity contribution in [3.63, 3.8) is 0 Å². The van der Waals surface area contributed by atoms with Crippen molar-refractivity contribution < 1.29 is 4.79 Å². The molecule has 0 spiro atoms. The monoisotopic (exact) mass is 289 g/mol. The van der Waals surface area contributed by atoms with Crippen molar-refractivity contribution in [2.75, 3.05) is 6.54 Å². The van der Waals surface area contributed by atoms with E-state index < -0.39 is 0 Å². The van der Waals surface area contributed by atoms with Gasteiger partial charge in [0.1, 0.15) is 5.69 Å². The first kappa shape index (κ1) is 15.3. The highest BCUT2D eigenvalue weighted by Crippen LogP contribution is 2.12. The molecule has 0 radical (unpaired) electrons. The van der Waals surface area contributed by atoms with E-state index in [9.17, 15) is 4.79 Å². The Morgan fingerprint density at radius 2 is 2.24 bits per heavy atom. The lowest BCUT2D eigenvalue weighted by molar-refractivity contribution is 0.0726. The van der Waals surface area contributed by atoms with E-state index in [-0.39, 0.29) is 5.91 Å². The smallest absolute Gasteiger partial charge is 0.272 e. The minimum Gasteiger partial charge on any atom is -0.347 e. The van der Waals surface area contributed by atoms with Gasteiger partial charge in [0.05, 0.1) is 24.3 Å². The van der Waals surface area contributed by atoms with Crippen LogP contribution in [0.4, 0.5) is 0 Å². The van der Waals surface area contributed by atoms with Gasteiger partial charge >= 0.3 is 0 Å². The fourth-order valence-electron chi connectivity index (χ4n) is 2.30. The van der Waals surface area contributed by atoms with Crippen LogP contribution in [0.1, 0.15) is 48.6 Å². The molecule has 21 heavy (non-hydrogen) atoms. The van der Waals surface area contributed by atoms with Gasteiger partial charge in [-0.3, -0.25) is 9.48 Å². The Hall–Kier alpha value is -2.11. The highest BCUT2D eigenvalue weighted by molar-refractivity contribution is 5.92. The Kier molecular flexibility index (Phi) is 5.14. The summed E-state index contributed by atoms with van der Waals surface area (Å²) in [6, 6.07) is 1.86. The highest BCUT2D eigenvalue weighted by Gasteiger charge is 2.20. The van der Waals surface area contributed by atoms with E-state index in [1.54, 1.807) is 17.2 Å². The van der Waals surface area contributed by atoms with E-state index in [1.165, 1.54) is 0 Å². The fourth-order valence-corrected chi connectivity index (χ4v) is 2.30. The Balaban J connectivity index is 2.20. The maximum Gasteiger partial charge on any atom is 0.272 e. The Morgan fingerprint density at radius 3 is 2.86 bits per heavy atom. The van der Waals surface area contributed by atoms with Crippen LogP contribution in [-0.4, -0.2) is 37.1 Å². The van der Waals surface area contributed by atoms with E-state index in [1.807, 2.05) is 24.8 Å². The van der Waals surface area contributed by atoms with Crippen molar-refractivity contribution in [3.8, 4) is 0 Å². The average Bonchev–Trinajstić information content (AvgIpc) is 3.11. The number of amides is 1. The second kappa shape index (κ2) is 7.06. The van der Waals surface area contributed by atoms with Crippen molar-refractivity contribution in [1.82, 2.24) is 24.6 Å². The van der Waals surface area contributed by atoms with Crippen LogP contribution in [-0.2, 0) is 13.1 Å². The predicted molar refractivity (Wildman–Crippen MR) is 80.9 cm³/mol. The Bertz CT molecular complexity index is 573. The molecule has 0 saturated heterocycles. The van der Waals surface area contributed by atoms with Crippen molar-refractivity contribution in [3.05, 3.63) is 35.7 Å². The van der Waals surface area contributed by atoms with Gasteiger partial charge in [-0.15, -0.1) is 0 Å². The fraction of sp³-hybridized carbons (Fsp3) is 0.533. The lowest BCUT2D eigenvalue weighted by atomic mass is 10.2. The molecule has 2 rings (SSSR count). The number of aromatic amines is 1. The highest BCUT2D eigenvalue weighted by atomic mass is 16.2. The maximum absolute atomic E-state index is 12.8. The molecule has 0 aliphatic heterocycles. The number of imidazole rings is 1. The van der Waals surface area contributed by atoms with Gasteiger partial charge < -0.3 is 9.88 Å². The molecule has 0 aliphatic rings. The number of carbonyl (C=O) groups excluding carboxylic acids is 1. The first-order valence-corrected chi connectivity index (χ1v) is 7.46. The van der Waals surface area contributed by atoms with Crippen LogP contribution in [0.5, 0.6) is 0 Å². The van der Waals surface area contributed by atoms with Gasteiger partial charge in [0.2, 0.25) is 0 Å². The molecule has 0 fully saturated rings. The SMILES string of the molecule is CCCCN(Cc1cnc[nH]1)C(=O)c1cc(C)nn1CC. The summed E-state index contributed by atoms with van der Waals surface area (Å²) >= 11 is 0. The van der Waals surface area contributed by atoms with Gasteiger partial charge in [0, 0.05) is 19.3 Å². The number of unbranched alkanes of at least 4 members (excludes halogenated alkanes) is 1. The minimum atomic E-state index is 0.0282. The molecule has 2 aromatic rings. The first-order valence-electron chi connectivity index (χ1n) is 7.46. The molecule has 114 valence electrons. The molecular formula is C15H23N5O. The van der Waals surface area contributed by atoms with Gasteiger partial charge in [0.15, 0.2) is 0 Å². The van der Waals surface area contributed by atoms with Crippen molar-refractivity contribution >= 4 is 5.91 Å². The van der Waals surface area contributed by atoms with Crippen LogP contribution >= 0.6 is 0 Å². The summed E-state index contributed by atoms with van der Waals surface area (Å²) in [5.74, 6) is 0.0282. The van der Waals surface area contributed by atoms with E-state index in [2.05, 4.69) is 22.0 Å². The number of hydrogen-bond acceptors (Lipinski definition) is 3. The molecule has 1 N–H and O–H groups in total. The van der Waals surface area contributed by atoms with Crippen LogP contribution < -0.4 is 0 Å². The lowest BCUT2D eigenvalue weighted by Crippen LogP contribution is -2.33. The molecule has 6 nitrogen and oxygen atoms in total. The number of carbonyl (C=O) groups is 1. The number of H-pyrrole nitrogens is 1. The van der Waals surface area contributed by atoms with E-state index in [4.69, 9.17) is 0 Å². The molecule has 0 saturated carbocycles. The van der Waals surface area contributed by atoms with Crippen molar-refractivity contribution in [1.29, 1.82) is 0 Å². The predicted octanol–water partition coefficient (Wildman–Crippen LogP) is 2.38. The third-order valence-electron chi connectivity index (χ3n) is 3.41. The van der Waals surface area contributed by atoms with Gasteiger partial charge in [-0.25, -0.2) is 4.98 Å². The van der Waals surface area contributed by atoms with Crippen LogP contribution in [0.15, 0.2) is 18.6 Å². The van der Waals surface area contributed by atoms with Gasteiger partial charge in [-0.05, 0) is 26.3 Å². The molecule has 0 unspecified atom stereocenters. The largest absolute Gasteiger partial charge is 0.347 e. The van der Waals surface area contributed by atoms with E-state index in [0.29, 0.717) is 18.8 Å². The summed E-state index contributed by atoms with van der Waals surface area (Å²) in [5, 5.41) is 4.36. The molecule has 6 heteroatoms. The number of aromatic nitrogens is 4. The summed E-state index contributed by atoms with van der Waals surface area (Å²) in [6.45, 7) is 8.01. The second-order valence-electron chi connectivity index (χ2n) is 5.14. The molecule has 2 aromatic heterocycles. The first-order chi connectivity index (χ1) is 10.2. The summed E-state index contributed by atoms with van der Waals surface area (Å²) in [5.41, 5.74) is 2.47. The second-order valence-corrected chi connectivity index (χ2v) is 5.14. The van der Waals surface area contributed by atoms with Crippen molar-refractivity contribution in [2.24, 2.45) is 0 Å². The van der Waals surface area contributed by atoms with Crippen LogP contribution in [0.2, 0.25) is 0 Å². The normalized spacial score (nSPS) is 10.8. The summed E-state index contributed by atoms with van der Waals surface area (Å²) in [4.78, 5) is 21.7. The molecule has 0 aromatic carbocycles. The Morgan fingerprint density at radius 1 is 1.43 bits per heavy atom. The Labute approximate surface area is 125 Å². The number of nitrogens with one attached hydrogen (secondary N) is 1. The quantitative estimate of drug-likeness (QED) is 0.851. The van der Waals surface area contributed by atoms with Gasteiger partial charge in [0.25, 0.3) is 5.91 Å². The summed E-state index contributed by atoms with van der Waals surface area (Å²) in [6.07, 6.45) is 5.44. The molecule has 1 amide bonds. The molecule has 0 atom stereocenters. The van der Waals surface area contributed by atoms with Crippen molar-refractivity contribution in [2.45, 2.75) is 46.7 Å². The topological polar surface area (TPSA) is 66.8 Å². The zero-order valence-corrected chi connectivity index (χ0v) is 13.0. The average molecular weight is 289 g/mol. The summed E-state index contributed by atoms with van der Waals surface area (Å²) < 4.78 is 1.77.